The molecule has 0 spiro atoms. The molecule has 1 amide bonds. The second-order valence-electron chi connectivity index (χ2n) is 6.10. The second kappa shape index (κ2) is 6.36. The number of para-hydroxylation sites is 1. The minimum Gasteiger partial charge on any atom is -0.307 e. The Kier molecular flexibility index (Phi) is 4.07. The van der Waals surface area contributed by atoms with Gasteiger partial charge >= 0.3 is 0 Å². The Balaban J connectivity index is 1.58. The number of fused-ring (bicyclic) bond motifs is 1. The van der Waals surface area contributed by atoms with Crippen molar-refractivity contribution >= 4 is 38.4 Å². The number of halogens is 1. The zero-order valence-corrected chi connectivity index (χ0v) is 14.7. The SMILES string of the molecule is O=C1CC(CCc2ccccc2Br)N1c1cccc2cccnc12. The van der Waals surface area contributed by atoms with E-state index >= 15 is 0 Å². The standard InChI is InChI=1S/C20H17BrN2O/c21-17-8-2-1-5-14(17)10-11-16-13-19(24)23(16)18-9-3-6-15-7-4-12-22-20(15)18/h1-9,12,16H,10-11,13H2. The third kappa shape index (κ3) is 2.71. The molecular formula is C20H17BrN2O. The maximum Gasteiger partial charge on any atom is 0.229 e. The number of carbonyl (C=O) groups is 1. The number of benzene rings is 2. The highest BCUT2D eigenvalue weighted by Crippen LogP contribution is 2.35. The summed E-state index contributed by atoms with van der Waals surface area (Å²) in [6, 6.07) is 18.5. The van der Waals surface area contributed by atoms with Gasteiger partial charge in [-0.2, -0.15) is 0 Å². The van der Waals surface area contributed by atoms with Crippen LogP contribution in [0.4, 0.5) is 5.69 Å². The minimum absolute atomic E-state index is 0.185. The molecule has 1 unspecified atom stereocenters. The number of hydrogen-bond acceptors (Lipinski definition) is 2. The van der Waals surface area contributed by atoms with Crippen LogP contribution >= 0.6 is 15.9 Å². The lowest BCUT2D eigenvalue weighted by Gasteiger charge is -2.41. The van der Waals surface area contributed by atoms with Crippen LogP contribution in [0, 0.1) is 0 Å². The Morgan fingerprint density at radius 2 is 1.92 bits per heavy atom. The molecule has 1 aromatic heterocycles. The van der Waals surface area contributed by atoms with Crippen LogP contribution in [-0.4, -0.2) is 16.9 Å². The predicted octanol–water partition coefficient (Wildman–Crippen LogP) is 4.74. The number of carbonyl (C=O) groups excluding carboxylic acids is 1. The highest BCUT2D eigenvalue weighted by Gasteiger charge is 2.37. The van der Waals surface area contributed by atoms with Crippen molar-refractivity contribution < 1.29 is 4.79 Å². The number of aromatic nitrogens is 1. The van der Waals surface area contributed by atoms with Crippen LogP contribution < -0.4 is 4.90 Å². The highest BCUT2D eigenvalue weighted by molar-refractivity contribution is 9.10. The maximum atomic E-state index is 12.3. The fourth-order valence-corrected chi connectivity index (χ4v) is 3.83. The number of nitrogens with zero attached hydrogens (tertiary/aromatic N) is 2. The second-order valence-corrected chi connectivity index (χ2v) is 6.96. The Hall–Kier alpha value is -2.20. The summed E-state index contributed by atoms with van der Waals surface area (Å²) in [5, 5.41) is 1.07. The van der Waals surface area contributed by atoms with Gasteiger partial charge in [-0.15, -0.1) is 0 Å². The number of hydrogen-bond donors (Lipinski definition) is 0. The van der Waals surface area contributed by atoms with Crippen molar-refractivity contribution in [3.8, 4) is 0 Å². The molecule has 0 aliphatic carbocycles. The van der Waals surface area contributed by atoms with E-state index in [2.05, 4.69) is 39.1 Å². The van der Waals surface area contributed by atoms with Crippen LogP contribution in [0.15, 0.2) is 65.3 Å². The molecule has 3 nitrogen and oxygen atoms in total. The van der Waals surface area contributed by atoms with E-state index in [1.807, 2.05) is 41.3 Å². The van der Waals surface area contributed by atoms with E-state index in [1.54, 1.807) is 6.20 Å². The Labute approximate surface area is 149 Å². The van der Waals surface area contributed by atoms with Gasteiger partial charge in [0.1, 0.15) is 0 Å². The Morgan fingerprint density at radius 3 is 2.75 bits per heavy atom. The molecule has 0 saturated carbocycles. The molecule has 2 heterocycles. The van der Waals surface area contributed by atoms with Crippen molar-refractivity contribution in [1.29, 1.82) is 0 Å². The van der Waals surface area contributed by atoms with Crippen LogP contribution in [0.25, 0.3) is 10.9 Å². The summed E-state index contributed by atoms with van der Waals surface area (Å²) in [5.74, 6) is 0.185. The monoisotopic (exact) mass is 380 g/mol. The fourth-order valence-electron chi connectivity index (χ4n) is 3.35. The van der Waals surface area contributed by atoms with E-state index in [-0.39, 0.29) is 11.9 Å². The largest absolute Gasteiger partial charge is 0.307 e. The average Bonchev–Trinajstić information content (AvgIpc) is 2.60. The molecular weight excluding hydrogens is 364 g/mol. The molecule has 4 rings (SSSR count). The quantitative estimate of drug-likeness (QED) is 0.612. The molecule has 1 atom stereocenters. The zero-order chi connectivity index (χ0) is 16.5. The minimum atomic E-state index is 0.185. The van der Waals surface area contributed by atoms with Crippen molar-refractivity contribution in [3.05, 3.63) is 70.8 Å². The normalized spacial score (nSPS) is 17.1. The number of pyridine rings is 1. The summed E-state index contributed by atoms with van der Waals surface area (Å²) in [5.41, 5.74) is 3.12. The van der Waals surface area contributed by atoms with Gasteiger partial charge in [0.25, 0.3) is 0 Å². The van der Waals surface area contributed by atoms with Gasteiger partial charge in [-0.05, 0) is 36.6 Å². The van der Waals surface area contributed by atoms with Gasteiger partial charge < -0.3 is 4.90 Å². The molecule has 0 radical (unpaired) electrons. The Bertz CT molecular complexity index is 904. The summed E-state index contributed by atoms with van der Waals surface area (Å²) < 4.78 is 1.13. The van der Waals surface area contributed by atoms with Gasteiger partial charge in [-0.25, -0.2) is 0 Å². The first-order valence-corrected chi connectivity index (χ1v) is 8.92. The van der Waals surface area contributed by atoms with Crippen LogP contribution in [0.3, 0.4) is 0 Å². The van der Waals surface area contributed by atoms with Gasteiger partial charge in [-0.3, -0.25) is 9.78 Å². The number of amides is 1. The topological polar surface area (TPSA) is 33.2 Å². The van der Waals surface area contributed by atoms with Crippen LogP contribution in [0.2, 0.25) is 0 Å². The Morgan fingerprint density at radius 1 is 1.08 bits per heavy atom. The van der Waals surface area contributed by atoms with Gasteiger partial charge in [0.05, 0.1) is 11.2 Å². The lowest BCUT2D eigenvalue weighted by molar-refractivity contribution is -0.124. The molecule has 1 aliphatic heterocycles. The maximum absolute atomic E-state index is 12.3. The molecule has 120 valence electrons. The van der Waals surface area contributed by atoms with Gasteiger partial charge in [0, 0.05) is 28.5 Å². The molecule has 3 aromatic rings. The first-order valence-electron chi connectivity index (χ1n) is 8.13. The van der Waals surface area contributed by atoms with Crippen molar-refractivity contribution in [2.75, 3.05) is 4.90 Å². The van der Waals surface area contributed by atoms with Crippen LogP contribution in [-0.2, 0) is 11.2 Å². The molecule has 4 heteroatoms. The summed E-state index contributed by atoms with van der Waals surface area (Å²) in [7, 11) is 0. The number of rotatable bonds is 4. The predicted molar refractivity (Wildman–Crippen MR) is 100 cm³/mol. The zero-order valence-electron chi connectivity index (χ0n) is 13.2. The molecule has 0 bridgehead atoms. The summed E-state index contributed by atoms with van der Waals surface area (Å²) in [6.07, 6.45) is 4.31. The van der Waals surface area contributed by atoms with E-state index in [9.17, 15) is 4.79 Å². The van der Waals surface area contributed by atoms with Crippen molar-refractivity contribution in [3.63, 3.8) is 0 Å². The third-order valence-corrected chi connectivity index (χ3v) is 5.39. The van der Waals surface area contributed by atoms with E-state index in [4.69, 9.17) is 0 Å². The van der Waals surface area contributed by atoms with E-state index in [1.165, 1.54) is 5.56 Å². The average molecular weight is 381 g/mol. The first kappa shape index (κ1) is 15.3. The lowest BCUT2D eigenvalue weighted by Crippen LogP contribution is -2.53. The van der Waals surface area contributed by atoms with E-state index in [0.717, 1.165) is 33.9 Å². The molecule has 2 aromatic carbocycles. The van der Waals surface area contributed by atoms with Crippen molar-refractivity contribution in [2.45, 2.75) is 25.3 Å². The molecule has 1 saturated heterocycles. The number of β-lactam (4-membered cyclic amide) rings is 1. The van der Waals surface area contributed by atoms with Gasteiger partial charge in [0.15, 0.2) is 0 Å². The van der Waals surface area contributed by atoms with Crippen molar-refractivity contribution in [2.24, 2.45) is 0 Å². The summed E-state index contributed by atoms with van der Waals surface area (Å²) >= 11 is 3.60. The third-order valence-electron chi connectivity index (χ3n) is 4.62. The highest BCUT2D eigenvalue weighted by atomic mass is 79.9. The lowest BCUT2D eigenvalue weighted by atomic mass is 9.93. The summed E-state index contributed by atoms with van der Waals surface area (Å²) in [4.78, 5) is 18.7. The molecule has 1 aliphatic rings. The molecule has 1 fully saturated rings. The van der Waals surface area contributed by atoms with Crippen molar-refractivity contribution in [1.82, 2.24) is 4.98 Å². The summed E-state index contributed by atoms with van der Waals surface area (Å²) in [6.45, 7) is 0. The van der Waals surface area contributed by atoms with Crippen LogP contribution in [0.5, 0.6) is 0 Å². The first-order chi connectivity index (χ1) is 11.7. The molecule has 24 heavy (non-hydrogen) atoms. The van der Waals surface area contributed by atoms with Gasteiger partial charge in [0.2, 0.25) is 5.91 Å². The van der Waals surface area contributed by atoms with Crippen LogP contribution in [0.1, 0.15) is 18.4 Å². The van der Waals surface area contributed by atoms with E-state index < -0.39 is 0 Å². The number of anilines is 1. The number of aryl methyl sites for hydroxylation is 1. The fraction of sp³-hybridized carbons (Fsp3) is 0.200. The smallest absolute Gasteiger partial charge is 0.229 e. The van der Waals surface area contributed by atoms with E-state index in [0.29, 0.717) is 6.42 Å². The molecule has 0 N–H and O–H groups in total. The van der Waals surface area contributed by atoms with Gasteiger partial charge in [-0.1, -0.05) is 52.3 Å².